The van der Waals surface area contributed by atoms with Gasteiger partial charge in [-0.1, -0.05) is 0 Å². The summed E-state index contributed by atoms with van der Waals surface area (Å²) in [6, 6.07) is 6.35. The fourth-order valence-electron chi connectivity index (χ4n) is 4.65. The van der Waals surface area contributed by atoms with Crippen molar-refractivity contribution in [3.63, 3.8) is 0 Å². The van der Waals surface area contributed by atoms with E-state index in [1.807, 2.05) is 6.92 Å². The van der Waals surface area contributed by atoms with Crippen molar-refractivity contribution in [1.29, 1.82) is 0 Å². The Balaban J connectivity index is 1.52. The molecular weight excluding hydrogens is 447 g/mol. The molecular formula is C24H22F3N5O2. The molecule has 1 aromatic carbocycles. The third-order valence-electron chi connectivity index (χ3n) is 6.45. The number of alkyl halides is 3. The number of halogens is 3. The molecule has 1 aliphatic rings. The highest BCUT2D eigenvalue weighted by atomic mass is 19.4. The quantitative estimate of drug-likeness (QED) is 0.455. The molecule has 5 rings (SSSR count). The van der Waals surface area contributed by atoms with Crippen molar-refractivity contribution in [2.45, 2.75) is 32.6 Å². The summed E-state index contributed by atoms with van der Waals surface area (Å²) in [5.41, 5.74) is 1.66. The predicted octanol–water partition coefficient (Wildman–Crippen LogP) is 4.07. The maximum atomic E-state index is 13.4. The summed E-state index contributed by atoms with van der Waals surface area (Å²) >= 11 is 0. The fraction of sp³-hybridized carbons (Fsp3) is 0.292. The molecule has 10 heteroatoms. The van der Waals surface area contributed by atoms with Gasteiger partial charge in [0, 0.05) is 43.4 Å². The second-order valence-corrected chi connectivity index (χ2v) is 8.58. The molecule has 176 valence electrons. The smallest absolute Gasteiger partial charge is 0.350 e. The number of carbonyl (C=O) groups excluding carboxylic acids is 1. The highest BCUT2D eigenvalue weighted by Gasteiger charge is 2.33. The third-order valence-corrected chi connectivity index (χ3v) is 6.45. The lowest BCUT2D eigenvalue weighted by molar-refractivity contribution is -0.137. The molecule has 0 saturated heterocycles. The molecule has 0 N–H and O–H groups in total. The van der Waals surface area contributed by atoms with Crippen molar-refractivity contribution >= 4 is 16.8 Å². The van der Waals surface area contributed by atoms with E-state index in [0.29, 0.717) is 22.2 Å². The summed E-state index contributed by atoms with van der Waals surface area (Å²) in [7, 11) is 1.76. The molecule has 3 aromatic heterocycles. The number of carbonyl (C=O) groups is 1. The summed E-state index contributed by atoms with van der Waals surface area (Å²) in [6.45, 7) is 4.16. The fourth-order valence-corrected chi connectivity index (χ4v) is 4.65. The number of aromatic nitrogens is 4. The second-order valence-electron chi connectivity index (χ2n) is 8.58. The van der Waals surface area contributed by atoms with Gasteiger partial charge in [-0.15, -0.1) is 0 Å². The van der Waals surface area contributed by atoms with Gasteiger partial charge in [-0.2, -0.15) is 13.2 Å². The van der Waals surface area contributed by atoms with Crippen LogP contribution in [0.4, 0.5) is 13.2 Å². The van der Waals surface area contributed by atoms with Crippen LogP contribution in [0.1, 0.15) is 40.3 Å². The molecule has 0 fully saturated rings. The molecule has 4 heterocycles. The first kappa shape index (κ1) is 22.0. The molecule has 1 amide bonds. The molecule has 0 bridgehead atoms. The molecule has 1 unspecified atom stereocenters. The Bertz CT molecular complexity index is 1490. The van der Waals surface area contributed by atoms with E-state index < -0.39 is 17.8 Å². The SMILES string of the molecule is Cc1cn(-c2ccc3n(c2=O)CCN(C(C)c2cn(C)c4ccc(C(F)(F)F)cc24)C3=O)cn1. The normalized spacial score (nSPS) is 15.1. The van der Waals surface area contributed by atoms with E-state index in [9.17, 15) is 22.8 Å². The molecule has 4 aromatic rings. The molecule has 0 radical (unpaired) electrons. The summed E-state index contributed by atoms with van der Waals surface area (Å²) < 4.78 is 44.8. The van der Waals surface area contributed by atoms with Gasteiger partial charge in [-0.05, 0) is 49.7 Å². The van der Waals surface area contributed by atoms with Crippen LogP contribution in [0.5, 0.6) is 0 Å². The molecule has 0 aliphatic carbocycles. The Morgan fingerprint density at radius 2 is 1.82 bits per heavy atom. The van der Waals surface area contributed by atoms with Crippen LogP contribution in [0.15, 0.2) is 53.8 Å². The Kier molecular flexibility index (Phi) is 4.92. The summed E-state index contributed by atoms with van der Waals surface area (Å²) in [4.78, 5) is 32.2. The van der Waals surface area contributed by atoms with E-state index in [1.54, 1.807) is 58.9 Å². The highest BCUT2D eigenvalue weighted by molar-refractivity contribution is 5.94. The predicted molar refractivity (Wildman–Crippen MR) is 120 cm³/mol. The van der Waals surface area contributed by atoms with E-state index in [1.165, 1.54) is 10.6 Å². The zero-order valence-corrected chi connectivity index (χ0v) is 18.8. The van der Waals surface area contributed by atoms with E-state index in [4.69, 9.17) is 0 Å². The maximum Gasteiger partial charge on any atom is 0.416 e. The van der Waals surface area contributed by atoms with Crippen LogP contribution >= 0.6 is 0 Å². The van der Waals surface area contributed by atoms with Gasteiger partial charge in [0.2, 0.25) is 0 Å². The van der Waals surface area contributed by atoms with Gasteiger partial charge < -0.3 is 18.6 Å². The van der Waals surface area contributed by atoms with Crippen LogP contribution in [0, 0.1) is 6.92 Å². The number of amides is 1. The van der Waals surface area contributed by atoms with Gasteiger partial charge in [0.1, 0.15) is 11.4 Å². The Morgan fingerprint density at radius 1 is 1.06 bits per heavy atom. The van der Waals surface area contributed by atoms with Gasteiger partial charge in [0.25, 0.3) is 11.5 Å². The lowest BCUT2D eigenvalue weighted by Gasteiger charge is -2.34. The molecule has 0 saturated carbocycles. The number of benzene rings is 1. The summed E-state index contributed by atoms with van der Waals surface area (Å²) in [5, 5.41) is 0.450. The minimum Gasteiger partial charge on any atom is -0.350 e. The van der Waals surface area contributed by atoms with Crippen LogP contribution in [0.25, 0.3) is 16.6 Å². The number of pyridine rings is 1. The van der Waals surface area contributed by atoms with Crippen LogP contribution in [-0.2, 0) is 19.8 Å². The van der Waals surface area contributed by atoms with Gasteiger partial charge in [-0.3, -0.25) is 9.59 Å². The van der Waals surface area contributed by atoms with E-state index in [-0.39, 0.29) is 30.2 Å². The lowest BCUT2D eigenvalue weighted by Crippen LogP contribution is -2.45. The minimum absolute atomic E-state index is 0.250. The number of fused-ring (bicyclic) bond motifs is 2. The second kappa shape index (κ2) is 7.61. The largest absolute Gasteiger partial charge is 0.416 e. The van der Waals surface area contributed by atoms with Gasteiger partial charge in [-0.25, -0.2) is 4.98 Å². The number of aryl methyl sites for hydroxylation is 2. The monoisotopic (exact) mass is 469 g/mol. The number of nitrogens with zero attached hydrogens (tertiary/aromatic N) is 5. The van der Waals surface area contributed by atoms with Crippen LogP contribution in [0.3, 0.4) is 0 Å². The highest BCUT2D eigenvalue weighted by Crippen LogP contribution is 2.36. The average molecular weight is 469 g/mol. The van der Waals surface area contributed by atoms with Crippen molar-refractivity contribution in [1.82, 2.24) is 23.6 Å². The topological polar surface area (TPSA) is 65.1 Å². The van der Waals surface area contributed by atoms with E-state index in [2.05, 4.69) is 4.98 Å². The third kappa shape index (κ3) is 3.41. The molecule has 1 aliphatic heterocycles. The molecule has 1 atom stereocenters. The summed E-state index contributed by atoms with van der Waals surface area (Å²) in [5.74, 6) is -0.340. The van der Waals surface area contributed by atoms with Crippen LogP contribution < -0.4 is 5.56 Å². The molecule has 7 nitrogen and oxygen atoms in total. The van der Waals surface area contributed by atoms with Crippen molar-refractivity contribution in [3.8, 4) is 5.69 Å². The van der Waals surface area contributed by atoms with Crippen molar-refractivity contribution in [2.24, 2.45) is 7.05 Å². The lowest BCUT2D eigenvalue weighted by atomic mass is 10.0. The first-order valence-corrected chi connectivity index (χ1v) is 10.8. The van der Waals surface area contributed by atoms with Crippen molar-refractivity contribution in [2.75, 3.05) is 6.54 Å². The van der Waals surface area contributed by atoms with Gasteiger partial charge in [0.15, 0.2) is 0 Å². The zero-order valence-electron chi connectivity index (χ0n) is 18.8. The van der Waals surface area contributed by atoms with Gasteiger partial charge in [0.05, 0.1) is 23.6 Å². The Morgan fingerprint density at radius 3 is 2.50 bits per heavy atom. The number of hydrogen-bond acceptors (Lipinski definition) is 3. The van der Waals surface area contributed by atoms with Crippen molar-refractivity contribution in [3.05, 3.63) is 81.9 Å². The van der Waals surface area contributed by atoms with Crippen LogP contribution in [0.2, 0.25) is 0 Å². The first-order chi connectivity index (χ1) is 16.1. The average Bonchev–Trinajstić information content (AvgIpc) is 3.36. The Hall–Kier alpha value is -3.82. The van der Waals surface area contributed by atoms with E-state index >= 15 is 0 Å². The number of rotatable bonds is 3. The Labute approximate surface area is 192 Å². The van der Waals surface area contributed by atoms with Crippen molar-refractivity contribution < 1.29 is 18.0 Å². The zero-order chi connectivity index (χ0) is 24.4. The molecule has 34 heavy (non-hydrogen) atoms. The summed E-state index contributed by atoms with van der Waals surface area (Å²) in [6.07, 6.45) is 0.582. The standard InChI is InChI=1S/C24H22F3N5O2/c1-14-11-30(13-28-14)20-6-7-21-23(34)31(8-9-32(21)22(20)33)15(2)18-12-29(3)19-5-4-16(10-17(18)19)24(25,26)27/h4-7,10-13,15H,8-9H2,1-3H3. The van der Waals surface area contributed by atoms with E-state index in [0.717, 1.165) is 17.8 Å². The maximum absolute atomic E-state index is 13.4. The van der Waals surface area contributed by atoms with Gasteiger partial charge >= 0.3 is 6.18 Å². The first-order valence-electron chi connectivity index (χ1n) is 10.8. The molecule has 0 spiro atoms. The minimum atomic E-state index is -4.46. The van der Waals surface area contributed by atoms with Crippen LogP contribution in [-0.4, -0.2) is 36.0 Å². The number of hydrogen-bond donors (Lipinski definition) is 0. The number of imidazole rings is 1.